The van der Waals surface area contributed by atoms with Crippen LogP contribution in [0.1, 0.15) is 12.8 Å². The van der Waals surface area contributed by atoms with Crippen LogP contribution in [0.5, 0.6) is 5.75 Å². The minimum absolute atomic E-state index is 0.124. The van der Waals surface area contributed by atoms with Crippen LogP contribution >= 0.6 is 7.44 Å². The van der Waals surface area contributed by atoms with E-state index in [4.69, 9.17) is 0 Å². The molecule has 1 N–H and O–H groups in total. The molecule has 5 heteroatoms. The molecule has 2 unspecified atom stereocenters. The molecular formula is C17H19N2O2P. The molecule has 2 aliphatic heterocycles. The van der Waals surface area contributed by atoms with Gasteiger partial charge in [-0.1, -0.05) is 30.3 Å². The lowest BCUT2D eigenvalue weighted by atomic mass is 10.2. The lowest BCUT2D eigenvalue weighted by molar-refractivity contribution is 0.433. The van der Waals surface area contributed by atoms with Crippen LogP contribution in [-0.2, 0) is 4.57 Å². The van der Waals surface area contributed by atoms with E-state index in [0.717, 1.165) is 31.6 Å². The van der Waals surface area contributed by atoms with Crippen molar-refractivity contribution in [3.05, 3.63) is 54.6 Å². The van der Waals surface area contributed by atoms with Gasteiger partial charge in [0.1, 0.15) is 5.75 Å². The Morgan fingerprint density at radius 3 is 2.55 bits per heavy atom. The highest BCUT2D eigenvalue weighted by Crippen LogP contribution is 2.62. The third-order valence-corrected chi connectivity index (χ3v) is 7.93. The molecule has 4 rings (SSSR count). The molecular weight excluding hydrogens is 295 g/mol. The number of benzene rings is 2. The molecule has 0 radical (unpaired) electrons. The van der Waals surface area contributed by atoms with E-state index in [-0.39, 0.29) is 5.75 Å². The molecule has 22 heavy (non-hydrogen) atoms. The summed E-state index contributed by atoms with van der Waals surface area (Å²) in [6.07, 6.45) is 2.14. The zero-order chi connectivity index (χ0) is 15.2. The van der Waals surface area contributed by atoms with Gasteiger partial charge in [-0.05, 0) is 37.1 Å². The molecule has 4 nitrogen and oxygen atoms in total. The lowest BCUT2D eigenvalue weighted by Gasteiger charge is -2.31. The fourth-order valence-corrected chi connectivity index (χ4v) is 7.02. The summed E-state index contributed by atoms with van der Waals surface area (Å²) in [4.78, 5) is 0. The van der Waals surface area contributed by atoms with Gasteiger partial charge < -0.3 is 9.78 Å². The number of anilines is 1. The Hall–Kier alpha value is -1.77. The number of rotatable bonds is 2. The van der Waals surface area contributed by atoms with E-state index in [1.165, 1.54) is 0 Å². The highest BCUT2D eigenvalue weighted by Gasteiger charge is 2.52. The van der Waals surface area contributed by atoms with Gasteiger partial charge in [0.15, 0.2) is 0 Å². The normalized spacial score (nSPS) is 28.0. The van der Waals surface area contributed by atoms with Crippen molar-refractivity contribution < 1.29 is 9.67 Å². The van der Waals surface area contributed by atoms with Crippen molar-refractivity contribution in [1.29, 1.82) is 0 Å². The van der Waals surface area contributed by atoms with Crippen LogP contribution in [0.15, 0.2) is 54.6 Å². The molecule has 0 amide bonds. The molecule has 2 saturated heterocycles. The Morgan fingerprint density at radius 2 is 1.77 bits per heavy atom. The van der Waals surface area contributed by atoms with E-state index in [9.17, 15) is 9.67 Å². The first-order valence-electron chi connectivity index (χ1n) is 7.70. The molecule has 0 aromatic heterocycles. The van der Waals surface area contributed by atoms with E-state index in [2.05, 4.69) is 4.67 Å². The largest absolute Gasteiger partial charge is 0.507 e. The van der Waals surface area contributed by atoms with E-state index < -0.39 is 7.44 Å². The number of para-hydroxylation sites is 2. The van der Waals surface area contributed by atoms with E-state index in [1.54, 1.807) is 18.2 Å². The van der Waals surface area contributed by atoms with E-state index in [0.29, 0.717) is 11.3 Å². The van der Waals surface area contributed by atoms with E-state index >= 15 is 0 Å². The number of phenols is 1. The standard InChI is InChI=1S/C17H19N2O2P/c20-16-10-4-5-11-17(16)22(21)18-12-6-9-15(18)13-19(22)14-7-2-1-3-8-14/h1-5,7-8,10-11,15,20H,6,9,12-13H2. The van der Waals surface area contributed by atoms with Crippen LogP contribution in [0, 0.1) is 0 Å². The van der Waals surface area contributed by atoms with Crippen LogP contribution in [0.25, 0.3) is 0 Å². The van der Waals surface area contributed by atoms with Crippen LogP contribution in [-0.4, -0.2) is 28.9 Å². The molecule has 2 aromatic rings. The fourth-order valence-electron chi connectivity index (χ4n) is 3.65. The van der Waals surface area contributed by atoms with Crippen molar-refractivity contribution in [2.75, 3.05) is 17.8 Å². The third-order valence-electron chi connectivity index (χ3n) is 4.65. The van der Waals surface area contributed by atoms with Crippen molar-refractivity contribution in [2.24, 2.45) is 0 Å². The molecule has 0 aliphatic carbocycles. The molecule has 0 spiro atoms. The maximum Gasteiger partial charge on any atom is 0.273 e. The second-order valence-corrected chi connectivity index (χ2v) is 8.48. The minimum atomic E-state index is -2.98. The fraction of sp³-hybridized carbons (Fsp3) is 0.294. The highest BCUT2D eigenvalue weighted by atomic mass is 31.2. The summed E-state index contributed by atoms with van der Waals surface area (Å²) < 4.78 is 18.2. The first kappa shape index (κ1) is 13.9. The van der Waals surface area contributed by atoms with Crippen LogP contribution < -0.4 is 9.97 Å². The quantitative estimate of drug-likeness (QED) is 0.865. The first-order valence-corrected chi connectivity index (χ1v) is 9.31. The molecule has 0 saturated carbocycles. The van der Waals surface area contributed by atoms with E-state index in [1.807, 2.05) is 41.1 Å². The van der Waals surface area contributed by atoms with Gasteiger partial charge in [-0.2, -0.15) is 0 Å². The Morgan fingerprint density at radius 1 is 1.05 bits per heavy atom. The second kappa shape index (κ2) is 5.15. The zero-order valence-corrected chi connectivity index (χ0v) is 13.2. The number of phenolic OH excluding ortho intramolecular Hbond substituents is 1. The number of hydrogen-bond donors (Lipinski definition) is 1. The summed E-state index contributed by atoms with van der Waals surface area (Å²) in [6, 6.07) is 17.2. The molecule has 2 heterocycles. The predicted molar refractivity (Wildman–Crippen MR) is 88.9 cm³/mol. The second-order valence-electron chi connectivity index (χ2n) is 5.91. The minimum Gasteiger partial charge on any atom is -0.507 e. The summed E-state index contributed by atoms with van der Waals surface area (Å²) in [7, 11) is -2.98. The van der Waals surface area contributed by atoms with Gasteiger partial charge in [-0.25, -0.2) is 4.67 Å². The third kappa shape index (κ3) is 1.91. The topological polar surface area (TPSA) is 43.8 Å². The number of nitrogens with zero attached hydrogens (tertiary/aromatic N) is 2. The summed E-state index contributed by atoms with van der Waals surface area (Å²) >= 11 is 0. The number of fused-ring (bicyclic) bond motifs is 1. The zero-order valence-electron chi connectivity index (χ0n) is 12.3. The Kier molecular flexibility index (Phi) is 3.24. The SMILES string of the molecule is O=P1(c2ccccc2O)N(c2ccccc2)CC2CCCN21. The molecule has 2 atom stereocenters. The molecule has 114 valence electrons. The Balaban J connectivity index is 1.88. The lowest BCUT2D eigenvalue weighted by Crippen LogP contribution is -2.27. The maximum atomic E-state index is 14.1. The first-order chi connectivity index (χ1) is 10.7. The van der Waals surface area contributed by atoms with Crippen molar-refractivity contribution >= 4 is 18.4 Å². The molecule has 2 aliphatic rings. The predicted octanol–water partition coefficient (Wildman–Crippen LogP) is 3.20. The molecule has 2 fully saturated rings. The van der Waals surface area contributed by atoms with Crippen LogP contribution in [0.3, 0.4) is 0 Å². The maximum absolute atomic E-state index is 14.1. The van der Waals surface area contributed by atoms with Gasteiger partial charge in [0, 0.05) is 24.8 Å². The Bertz CT molecular complexity index is 734. The summed E-state index contributed by atoms with van der Waals surface area (Å²) in [5, 5.41) is 10.9. The van der Waals surface area contributed by atoms with Crippen molar-refractivity contribution in [1.82, 2.24) is 4.67 Å². The van der Waals surface area contributed by atoms with Crippen molar-refractivity contribution in [3.8, 4) is 5.75 Å². The number of hydrogen-bond acceptors (Lipinski definition) is 2. The van der Waals surface area contributed by atoms with Gasteiger partial charge in [0.05, 0.1) is 5.30 Å². The van der Waals surface area contributed by atoms with Crippen molar-refractivity contribution in [2.45, 2.75) is 18.9 Å². The number of aromatic hydroxyl groups is 1. The highest BCUT2D eigenvalue weighted by molar-refractivity contribution is 7.71. The monoisotopic (exact) mass is 314 g/mol. The summed E-state index contributed by atoms with van der Waals surface area (Å²) in [6.45, 7) is 1.59. The van der Waals surface area contributed by atoms with Gasteiger partial charge in [-0.15, -0.1) is 0 Å². The van der Waals surface area contributed by atoms with Crippen LogP contribution in [0.2, 0.25) is 0 Å². The average molecular weight is 314 g/mol. The van der Waals surface area contributed by atoms with Gasteiger partial charge in [0.25, 0.3) is 7.44 Å². The molecule has 0 bridgehead atoms. The van der Waals surface area contributed by atoms with Crippen LogP contribution in [0.4, 0.5) is 5.69 Å². The smallest absolute Gasteiger partial charge is 0.273 e. The summed E-state index contributed by atoms with van der Waals surface area (Å²) in [5.74, 6) is 0.124. The van der Waals surface area contributed by atoms with Gasteiger partial charge in [0.2, 0.25) is 0 Å². The summed E-state index contributed by atoms with van der Waals surface area (Å²) in [5.41, 5.74) is 0.962. The van der Waals surface area contributed by atoms with Crippen molar-refractivity contribution in [3.63, 3.8) is 0 Å². The van der Waals surface area contributed by atoms with Gasteiger partial charge >= 0.3 is 0 Å². The Labute approximate surface area is 130 Å². The molecule has 2 aromatic carbocycles. The average Bonchev–Trinajstić information content (AvgIpc) is 3.11. The van der Waals surface area contributed by atoms with Gasteiger partial charge in [-0.3, -0.25) is 4.57 Å².